The second-order valence-corrected chi connectivity index (χ2v) is 10.0. The first kappa shape index (κ1) is 24.1. The van der Waals surface area contributed by atoms with Gasteiger partial charge in [0, 0.05) is 11.0 Å². The van der Waals surface area contributed by atoms with E-state index in [0.717, 1.165) is 41.2 Å². The lowest BCUT2D eigenvalue weighted by molar-refractivity contribution is -0.131. The molecule has 0 bridgehead atoms. The van der Waals surface area contributed by atoms with Gasteiger partial charge in [0.25, 0.3) is 0 Å². The maximum absolute atomic E-state index is 14.5. The van der Waals surface area contributed by atoms with E-state index in [-0.39, 0.29) is 0 Å². The molecule has 0 spiro atoms. The van der Waals surface area contributed by atoms with Gasteiger partial charge in [-0.25, -0.2) is 4.79 Å². The Labute approximate surface area is 213 Å². The van der Waals surface area contributed by atoms with Crippen LogP contribution in [0.4, 0.5) is 4.39 Å². The highest BCUT2D eigenvalue weighted by Gasteiger charge is 2.28. The summed E-state index contributed by atoms with van der Waals surface area (Å²) in [5.74, 6) is -1.08. The molecule has 182 valence electrons. The number of aliphatic carboxylic acids is 1. The summed E-state index contributed by atoms with van der Waals surface area (Å²) in [6, 6.07) is 20.3. The smallest absolute Gasteiger partial charge is 0.328 e. The summed E-state index contributed by atoms with van der Waals surface area (Å²) in [4.78, 5) is 12.2. The van der Waals surface area contributed by atoms with Crippen molar-refractivity contribution in [2.75, 3.05) is 6.26 Å². The van der Waals surface area contributed by atoms with Gasteiger partial charge in [0.05, 0.1) is 10.9 Å². The lowest BCUT2D eigenvalue weighted by Gasteiger charge is -2.32. The zero-order chi connectivity index (χ0) is 25.2. The normalized spacial score (nSPS) is 14.8. The molecule has 4 nitrogen and oxygen atoms in total. The van der Waals surface area contributed by atoms with Crippen LogP contribution < -0.4 is 0 Å². The molecular formula is C30H27FN2O2S. The number of halogens is 1. The minimum atomic E-state index is -0.980. The van der Waals surface area contributed by atoms with Crippen LogP contribution in [0.5, 0.6) is 0 Å². The number of nitrogens with zero attached hydrogens (tertiary/aromatic N) is 1. The van der Waals surface area contributed by atoms with E-state index in [1.54, 1.807) is 17.8 Å². The SMILES string of the molecule is CSc1ccc(/C(=C(\c2ccc(/C=C/C(=O)O)cc2)c2ccc3[nH]nc(F)c3c2)C2CCC2)c(C)c1. The Morgan fingerprint density at radius 1 is 1.08 bits per heavy atom. The van der Waals surface area contributed by atoms with Crippen molar-refractivity contribution in [3.05, 3.63) is 101 Å². The van der Waals surface area contributed by atoms with E-state index < -0.39 is 11.9 Å². The number of allylic oxidation sites excluding steroid dienone is 1. The summed E-state index contributed by atoms with van der Waals surface area (Å²) >= 11 is 1.73. The number of benzene rings is 3. The highest BCUT2D eigenvalue weighted by atomic mass is 32.2. The summed E-state index contributed by atoms with van der Waals surface area (Å²) in [6.07, 6.45) is 8.22. The highest BCUT2D eigenvalue weighted by molar-refractivity contribution is 7.98. The predicted octanol–water partition coefficient (Wildman–Crippen LogP) is 7.59. The van der Waals surface area contributed by atoms with E-state index in [1.807, 2.05) is 42.5 Å². The van der Waals surface area contributed by atoms with Crippen molar-refractivity contribution in [2.45, 2.75) is 31.1 Å². The number of hydrogen-bond donors (Lipinski definition) is 2. The van der Waals surface area contributed by atoms with Crippen LogP contribution in [0.15, 0.2) is 71.6 Å². The van der Waals surface area contributed by atoms with Crippen LogP contribution >= 0.6 is 11.8 Å². The zero-order valence-corrected chi connectivity index (χ0v) is 21.0. The number of H-pyrrole nitrogens is 1. The molecule has 5 rings (SSSR count). The van der Waals surface area contributed by atoms with E-state index in [9.17, 15) is 9.18 Å². The number of rotatable bonds is 7. The predicted molar refractivity (Wildman–Crippen MR) is 145 cm³/mol. The molecule has 0 saturated heterocycles. The van der Waals surface area contributed by atoms with Crippen molar-refractivity contribution in [3.63, 3.8) is 0 Å². The summed E-state index contributed by atoms with van der Waals surface area (Å²) in [5, 5.41) is 15.9. The number of carboxylic acids is 1. The Balaban J connectivity index is 1.76. The van der Waals surface area contributed by atoms with Crippen LogP contribution in [0.25, 0.3) is 28.1 Å². The molecule has 0 amide bonds. The third kappa shape index (κ3) is 4.73. The lowest BCUT2D eigenvalue weighted by atomic mass is 9.72. The molecule has 0 atom stereocenters. The first-order chi connectivity index (χ1) is 17.4. The van der Waals surface area contributed by atoms with E-state index in [4.69, 9.17) is 5.11 Å². The Kier molecular flexibility index (Phi) is 6.79. The van der Waals surface area contributed by atoms with E-state index in [1.165, 1.54) is 28.0 Å². The van der Waals surface area contributed by atoms with Gasteiger partial charge in [-0.2, -0.15) is 4.39 Å². The van der Waals surface area contributed by atoms with Crippen molar-refractivity contribution in [1.29, 1.82) is 0 Å². The Morgan fingerprint density at radius 3 is 2.47 bits per heavy atom. The summed E-state index contributed by atoms with van der Waals surface area (Å²) in [5.41, 5.74) is 8.22. The van der Waals surface area contributed by atoms with Gasteiger partial charge in [-0.1, -0.05) is 42.8 Å². The summed E-state index contributed by atoms with van der Waals surface area (Å²) < 4.78 is 14.5. The lowest BCUT2D eigenvalue weighted by Crippen LogP contribution is -2.16. The van der Waals surface area contributed by atoms with Gasteiger partial charge >= 0.3 is 5.97 Å². The molecule has 1 heterocycles. The number of fused-ring (bicyclic) bond motifs is 1. The maximum Gasteiger partial charge on any atom is 0.328 e. The van der Waals surface area contributed by atoms with Crippen molar-refractivity contribution >= 4 is 45.9 Å². The van der Waals surface area contributed by atoms with Crippen LogP contribution in [0.1, 0.15) is 47.1 Å². The molecule has 1 saturated carbocycles. The minimum Gasteiger partial charge on any atom is -0.478 e. The minimum absolute atomic E-state index is 0.412. The molecule has 0 radical (unpaired) electrons. The van der Waals surface area contributed by atoms with Crippen molar-refractivity contribution in [1.82, 2.24) is 10.2 Å². The summed E-state index contributed by atoms with van der Waals surface area (Å²) in [6.45, 7) is 2.16. The summed E-state index contributed by atoms with van der Waals surface area (Å²) in [7, 11) is 0. The fourth-order valence-electron chi connectivity index (χ4n) is 4.86. The number of nitrogens with one attached hydrogen (secondary N) is 1. The maximum atomic E-state index is 14.5. The zero-order valence-electron chi connectivity index (χ0n) is 20.2. The van der Waals surface area contributed by atoms with Gasteiger partial charge in [0.1, 0.15) is 0 Å². The van der Waals surface area contributed by atoms with Gasteiger partial charge < -0.3 is 5.11 Å². The number of carboxylic acid groups (broad SMARTS) is 1. The standard InChI is InChI=1S/C30H27FN2O2S/c1-18-16-23(36-2)12-13-24(18)29(20-4-3-5-20)28(21-9-6-19(7-10-21)8-15-27(34)35)22-11-14-26-25(17-22)30(31)33-32-26/h6-17,20H,3-5H2,1-2H3,(H,32,33)(H,34,35)/b15-8+,29-28+. The second kappa shape index (κ2) is 10.2. The molecule has 1 aromatic heterocycles. The van der Waals surface area contributed by atoms with Crippen molar-refractivity contribution in [2.24, 2.45) is 5.92 Å². The van der Waals surface area contributed by atoms with Crippen molar-refractivity contribution in [3.8, 4) is 0 Å². The number of carbonyl (C=O) groups is 1. The number of thioether (sulfide) groups is 1. The number of aryl methyl sites for hydroxylation is 1. The third-order valence-corrected chi connectivity index (χ3v) is 7.65. The fraction of sp³-hybridized carbons (Fsp3) is 0.200. The van der Waals surface area contributed by atoms with Gasteiger partial charge in [-0.3, -0.25) is 5.10 Å². The molecule has 4 aromatic rings. The molecule has 2 N–H and O–H groups in total. The van der Waals surface area contributed by atoms with Crippen LogP contribution in [0.3, 0.4) is 0 Å². The molecular weight excluding hydrogens is 471 g/mol. The first-order valence-corrected chi connectivity index (χ1v) is 13.2. The highest BCUT2D eigenvalue weighted by Crippen LogP contribution is 2.46. The number of hydrogen-bond acceptors (Lipinski definition) is 3. The van der Waals surface area contributed by atoms with E-state index in [0.29, 0.717) is 16.8 Å². The average molecular weight is 499 g/mol. The van der Waals surface area contributed by atoms with E-state index in [2.05, 4.69) is 41.6 Å². The van der Waals surface area contributed by atoms with Gasteiger partial charge in [-0.15, -0.1) is 16.9 Å². The van der Waals surface area contributed by atoms with Gasteiger partial charge in [0.15, 0.2) is 0 Å². The first-order valence-electron chi connectivity index (χ1n) is 12.0. The van der Waals surface area contributed by atoms with Crippen LogP contribution in [0.2, 0.25) is 0 Å². The molecule has 1 aliphatic carbocycles. The molecule has 0 unspecified atom stereocenters. The molecule has 1 fully saturated rings. The third-order valence-electron chi connectivity index (χ3n) is 6.93. The van der Waals surface area contributed by atoms with Crippen LogP contribution in [-0.2, 0) is 4.79 Å². The average Bonchev–Trinajstić information content (AvgIpc) is 3.22. The molecule has 6 heteroatoms. The molecule has 3 aromatic carbocycles. The second-order valence-electron chi connectivity index (χ2n) is 9.17. The molecule has 36 heavy (non-hydrogen) atoms. The van der Waals surface area contributed by atoms with Crippen molar-refractivity contribution < 1.29 is 14.3 Å². The Morgan fingerprint density at radius 2 is 1.83 bits per heavy atom. The van der Waals surface area contributed by atoms with Crippen LogP contribution in [0, 0.1) is 18.8 Å². The Hall–Kier alpha value is -3.64. The van der Waals surface area contributed by atoms with Gasteiger partial charge in [-0.05, 0) is 101 Å². The fourth-order valence-corrected chi connectivity index (χ4v) is 5.36. The Bertz CT molecular complexity index is 1500. The molecule has 0 aliphatic heterocycles. The van der Waals surface area contributed by atoms with Gasteiger partial charge in [0.2, 0.25) is 5.95 Å². The quantitative estimate of drug-likeness (QED) is 0.156. The number of aromatic nitrogens is 2. The monoisotopic (exact) mass is 498 g/mol. The molecule has 1 aliphatic rings. The van der Waals surface area contributed by atoms with Crippen LogP contribution in [-0.4, -0.2) is 27.5 Å². The van der Waals surface area contributed by atoms with E-state index >= 15 is 0 Å². The topological polar surface area (TPSA) is 66.0 Å². The largest absolute Gasteiger partial charge is 0.478 e. The number of aromatic amines is 1.